The predicted octanol–water partition coefficient (Wildman–Crippen LogP) is 4.33. The second-order valence-electron chi connectivity index (χ2n) is 5.74. The molecule has 3 nitrogen and oxygen atoms in total. The van der Waals surface area contributed by atoms with Crippen molar-refractivity contribution in [2.75, 3.05) is 18.0 Å². The molecule has 2 N–H and O–H groups in total. The smallest absolute Gasteiger partial charge is 0.0730 e. The number of hydrogen-bond acceptors (Lipinski definition) is 2. The number of rotatable bonds is 2. The zero-order valence-electron chi connectivity index (χ0n) is 12.8. The highest BCUT2D eigenvalue weighted by molar-refractivity contribution is 6.30. The first-order chi connectivity index (χ1) is 10.8. The number of halogens is 1. The minimum absolute atomic E-state index is 0. The number of para-hydroxylation sites is 1. The summed E-state index contributed by atoms with van der Waals surface area (Å²) in [5, 5.41) is 1.99. The molecule has 1 aromatic heterocycles. The van der Waals surface area contributed by atoms with Gasteiger partial charge in [-0.3, -0.25) is 0 Å². The maximum absolute atomic E-state index is 6.00. The second kappa shape index (κ2) is 6.57. The van der Waals surface area contributed by atoms with E-state index in [9.17, 15) is 0 Å². The molecule has 0 radical (unpaired) electrons. The summed E-state index contributed by atoms with van der Waals surface area (Å²) in [4.78, 5) is 7.31. The number of pyridine rings is 1. The SMILES string of the molecule is Clc1ccc(-c2cc(N3CCCC3)c3ccccc3n2)cc1.O. The van der Waals surface area contributed by atoms with Gasteiger partial charge in [0.25, 0.3) is 0 Å². The van der Waals surface area contributed by atoms with E-state index in [1.807, 2.05) is 24.3 Å². The van der Waals surface area contributed by atoms with Gasteiger partial charge >= 0.3 is 0 Å². The third-order valence-corrected chi connectivity index (χ3v) is 4.53. The Labute approximate surface area is 140 Å². The largest absolute Gasteiger partial charge is 0.412 e. The van der Waals surface area contributed by atoms with Crippen LogP contribution in [0.25, 0.3) is 22.2 Å². The number of nitrogens with zero attached hydrogens (tertiary/aromatic N) is 2. The van der Waals surface area contributed by atoms with Gasteiger partial charge in [0, 0.05) is 34.7 Å². The summed E-state index contributed by atoms with van der Waals surface area (Å²) in [5.41, 5.74) is 4.47. The molecular weight excluding hydrogens is 308 g/mol. The van der Waals surface area contributed by atoms with Crippen molar-refractivity contribution in [3.8, 4) is 11.3 Å². The maximum Gasteiger partial charge on any atom is 0.0730 e. The monoisotopic (exact) mass is 326 g/mol. The van der Waals surface area contributed by atoms with E-state index in [0.29, 0.717) is 0 Å². The molecule has 4 heteroatoms. The Bertz CT molecular complexity index is 811. The minimum Gasteiger partial charge on any atom is -0.412 e. The fraction of sp³-hybridized carbons (Fsp3) is 0.211. The zero-order chi connectivity index (χ0) is 14.9. The Kier molecular flexibility index (Phi) is 4.51. The van der Waals surface area contributed by atoms with Crippen LogP contribution < -0.4 is 4.90 Å². The predicted molar refractivity (Wildman–Crippen MR) is 97.2 cm³/mol. The van der Waals surface area contributed by atoms with Gasteiger partial charge in [0.15, 0.2) is 0 Å². The van der Waals surface area contributed by atoms with E-state index in [2.05, 4.69) is 35.2 Å². The summed E-state index contributed by atoms with van der Waals surface area (Å²) < 4.78 is 0. The first-order valence-electron chi connectivity index (χ1n) is 7.72. The van der Waals surface area contributed by atoms with Gasteiger partial charge in [-0.1, -0.05) is 41.9 Å². The van der Waals surface area contributed by atoms with Crippen molar-refractivity contribution in [1.29, 1.82) is 0 Å². The summed E-state index contributed by atoms with van der Waals surface area (Å²) in [5.74, 6) is 0. The quantitative estimate of drug-likeness (QED) is 0.703. The first kappa shape index (κ1) is 15.8. The lowest BCUT2D eigenvalue weighted by Gasteiger charge is -2.20. The fourth-order valence-electron chi connectivity index (χ4n) is 3.15. The summed E-state index contributed by atoms with van der Waals surface area (Å²) in [6.45, 7) is 2.27. The molecule has 1 aliphatic heterocycles. The minimum atomic E-state index is 0. The Hall–Kier alpha value is -2.10. The molecule has 1 saturated heterocycles. The van der Waals surface area contributed by atoms with Gasteiger partial charge in [-0.2, -0.15) is 0 Å². The molecule has 1 fully saturated rings. The Morgan fingerprint density at radius 3 is 2.35 bits per heavy atom. The van der Waals surface area contributed by atoms with Crippen LogP contribution in [0.1, 0.15) is 12.8 Å². The Balaban J connectivity index is 0.00000156. The molecule has 118 valence electrons. The molecule has 0 aliphatic carbocycles. The Morgan fingerprint density at radius 1 is 0.913 bits per heavy atom. The molecule has 0 bridgehead atoms. The van der Waals surface area contributed by atoms with E-state index >= 15 is 0 Å². The molecule has 0 spiro atoms. The standard InChI is InChI=1S/C19H17ClN2.H2O/c20-15-9-7-14(8-10-15)18-13-19(22-11-3-4-12-22)16-5-1-2-6-17(16)21-18;/h1-2,5-10,13H,3-4,11-12H2;1H2. The van der Waals surface area contributed by atoms with Gasteiger partial charge in [0.05, 0.1) is 11.2 Å². The molecule has 1 aliphatic rings. The van der Waals surface area contributed by atoms with E-state index in [-0.39, 0.29) is 5.48 Å². The van der Waals surface area contributed by atoms with Crippen LogP contribution in [0.2, 0.25) is 5.02 Å². The van der Waals surface area contributed by atoms with Crippen molar-refractivity contribution in [2.45, 2.75) is 12.8 Å². The molecule has 0 unspecified atom stereocenters. The van der Waals surface area contributed by atoms with E-state index in [1.165, 1.54) is 23.9 Å². The van der Waals surface area contributed by atoms with Crippen LogP contribution >= 0.6 is 11.6 Å². The van der Waals surface area contributed by atoms with Gasteiger partial charge in [0.1, 0.15) is 0 Å². The second-order valence-corrected chi connectivity index (χ2v) is 6.18. The molecule has 4 rings (SSSR count). The summed E-state index contributed by atoms with van der Waals surface area (Å²) in [6, 6.07) is 18.5. The molecular formula is C19H19ClN2O. The van der Waals surface area contributed by atoms with Crippen molar-refractivity contribution in [1.82, 2.24) is 4.98 Å². The maximum atomic E-state index is 6.00. The lowest BCUT2D eigenvalue weighted by atomic mass is 10.1. The molecule has 3 aromatic rings. The van der Waals surface area contributed by atoms with Crippen molar-refractivity contribution >= 4 is 28.2 Å². The van der Waals surface area contributed by atoms with E-state index in [0.717, 1.165) is 34.9 Å². The van der Waals surface area contributed by atoms with Gasteiger partial charge in [-0.15, -0.1) is 0 Å². The third kappa shape index (κ3) is 3.03. The van der Waals surface area contributed by atoms with E-state index in [1.54, 1.807) is 0 Å². The zero-order valence-corrected chi connectivity index (χ0v) is 13.6. The molecule has 0 amide bonds. The number of anilines is 1. The molecule has 0 saturated carbocycles. The van der Waals surface area contributed by atoms with Crippen LogP contribution in [-0.4, -0.2) is 23.5 Å². The molecule has 23 heavy (non-hydrogen) atoms. The van der Waals surface area contributed by atoms with Gasteiger partial charge in [0.2, 0.25) is 0 Å². The summed E-state index contributed by atoms with van der Waals surface area (Å²) >= 11 is 6.00. The van der Waals surface area contributed by atoms with E-state index < -0.39 is 0 Å². The van der Waals surface area contributed by atoms with Crippen LogP contribution in [-0.2, 0) is 0 Å². The molecule has 0 atom stereocenters. The number of fused-ring (bicyclic) bond motifs is 1. The van der Waals surface area contributed by atoms with Crippen molar-refractivity contribution in [2.24, 2.45) is 0 Å². The van der Waals surface area contributed by atoms with Crippen LogP contribution in [0.5, 0.6) is 0 Å². The average Bonchev–Trinajstić information content (AvgIpc) is 3.09. The summed E-state index contributed by atoms with van der Waals surface area (Å²) in [7, 11) is 0. The number of benzene rings is 2. The first-order valence-corrected chi connectivity index (χ1v) is 8.10. The topological polar surface area (TPSA) is 47.6 Å². The highest BCUT2D eigenvalue weighted by atomic mass is 35.5. The van der Waals surface area contributed by atoms with Crippen molar-refractivity contribution < 1.29 is 5.48 Å². The van der Waals surface area contributed by atoms with Crippen molar-refractivity contribution in [3.05, 3.63) is 59.6 Å². The highest BCUT2D eigenvalue weighted by Gasteiger charge is 2.16. The van der Waals surface area contributed by atoms with Crippen LogP contribution in [0, 0.1) is 0 Å². The van der Waals surface area contributed by atoms with Crippen LogP contribution in [0.15, 0.2) is 54.6 Å². The lowest BCUT2D eigenvalue weighted by molar-refractivity contribution is 0.824. The van der Waals surface area contributed by atoms with Gasteiger partial charge in [-0.05, 0) is 37.1 Å². The summed E-state index contributed by atoms with van der Waals surface area (Å²) in [6.07, 6.45) is 2.54. The Morgan fingerprint density at radius 2 is 1.61 bits per heavy atom. The number of hydrogen-bond donors (Lipinski definition) is 0. The third-order valence-electron chi connectivity index (χ3n) is 4.28. The molecule has 2 heterocycles. The highest BCUT2D eigenvalue weighted by Crippen LogP contribution is 2.33. The molecule has 2 aromatic carbocycles. The number of aromatic nitrogens is 1. The van der Waals surface area contributed by atoms with Gasteiger partial charge < -0.3 is 10.4 Å². The van der Waals surface area contributed by atoms with Crippen molar-refractivity contribution in [3.63, 3.8) is 0 Å². The van der Waals surface area contributed by atoms with Crippen LogP contribution in [0.3, 0.4) is 0 Å². The van der Waals surface area contributed by atoms with Gasteiger partial charge in [-0.25, -0.2) is 4.98 Å². The average molecular weight is 327 g/mol. The van der Waals surface area contributed by atoms with E-state index in [4.69, 9.17) is 16.6 Å². The van der Waals surface area contributed by atoms with Crippen LogP contribution in [0.4, 0.5) is 5.69 Å². The normalized spacial score (nSPS) is 14.0. The fourth-order valence-corrected chi connectivity index (χ4v) is 3.27. The lowest BCUT2D eigenvalue weighted by Crippen LogP contribution is -2.18.